The molecule has 2 rings (SSSR count). The van der Waals surface area contributed by atoms with Gasteiger partial charge in [-0.15, -0.1) is 0 Å². The van der Waals surface area contributed by atoms with E-state index in [0.717, 1.165) is 18.8 Å². The van der Waals surface area contributed by atoms with Crippen molar-refractivity contribution in [3.63, 3.8) is 0 Å². The molecule has 15 heavy (non-hydrogen) atoms. The number of benzene rings is 1. The van der Waals surface area contributed by atoms with E-state index in [0.29, 0.717) is 6.54 Å². The number of esters is 1. The van der Waals surface area contributed by atoms with Crippen LogP contribution in [-0.2, 0) is 22.6 Å². The highest BCUT2D eigenvalue weighted by molar-refractivity contribution is 5.71. The van der Waals surface area contributed by atoms with E-state index in [-0.39, 0.29) is 5.97 Å². The molecule has 1 aromatic carbocycles. The molecule has 0 bridgehead atoms. The van der Waals surface area contributed by atoms with Crippen LogP contribution >= 0.6 is 0 Å². The number of rotatable bonds is 2. The molecule has 0 unspecified atom stereocenters. The van der Waals surface area contributed by atoms with Crippen LogP contribution in [0.3, 0.4) is 0 Å². The van der Waals surface area contributed by atoms with Gasteiger partial charge in [0.25, 0.3) is 0 Å². The first-order valence-electron chi connectivity index (χ1n) is 4.85. The van der Waals surface area contributed by atoms with Crippen molar-refractivity contribution in [1.82, 2.24) is 4.90 Å². The van der Waals surface area contributed by atoms with E-state index >= 15 is 0 Å². The number of ether oxygens (including phenoxy) is 1. The summed E-state index contributed by atoms with van der Waals surface area (Å²) in [5.41, 5.74) is 8.92. The van der Waals surface area contributed by atoms with Gasteiger partial charge in [-0.2, -0.15) is 0 Å². The van der Waals surface area contributed by atoms with Gasteiger partial charge in [-0.3, -0.25) is 9.69 Å². The Morgan fingerprint density at radius 3 is 2.93 bits per heavy atom. The monoisotopic (exact) mass is 206 g/mol. The zero-order chi connectivity index (χ0) is 10.8. The van der Waals surface area contributed by atoms with Crippen LogP contribution in [0.5, 0.6) is 0 Å². The Morgan fingerprint density at radius 1 is 1.47 bits per heavy atom. The lowest BCUT2D eigenvalue weighted by molar-refractivity contribution is -0.142. The van der Waals surface area contributed by atoms with Crippen LogP contribution < -0.4 is 5.73 Å². The van der Waals surface area contributed by atoms with E-state index in [1.54, 1.807) is 0 Å². The van der Waals surface area contributed by atoms with Crippen LogP contribution in [0.25, 0.3) is 0 Å². The highest BCUT2D eigenvalue weighted by atomic mass is 16.5. The second kappa shape index (κ2) is 3.90. The second-order valence-corrected chi connectivity index (χ2v) is 3.75. The Labute approximate surface area is 88.6 Å². The Bertz CT molecular complexity index is 390. The molecular formula is C11H14N2O2. The third-order valence-electron chi connectivity index (χ3n) is 2.60. The fraction of sp³-hybridized carbons (Fsp3) is 0.364. The van der Waals surface area contributed by atoms with Gasteiger partial charge in [0.15, 0.2) is 0 Å². The zero-order valence-electron chi connectivity index (χ0n) is 8.69. The predicted octanol–water partition coefficient (Wildman–Crippen LogP) is 0.757. The Morgan fingerprint density at radius 2 is 2.20 bits per heavy atom. The second-order valence-electron chi connectivity index (χ2n) is 3.75. The summed E-state index contributed by atoms with van der Waals surface area (Å²) >= 11 is 0. The van der Waals surface area contributed by atoms with Crippen LogP contribution in [0, 0.1) is 0 Å². The van der Waals surface area contributed by atoms with Gasteiger partial charge in [0.1, 0.15) is 0 Å². The molecule has 1 aliphatic heterocycles. The van der Waals surface area contributed by atoms with E-state index in [1.165, 1.54) is 18.2 Å². The van der Waals surface area contributed by atoms with Crippen molar-refractivity contribution >= 4 is 11.7 Å². The van der Waals surface area contributed by atoms with Crippen LogP contribution in [-0.4, -0.2) is 24.5 Å². The van der Waals surface area contributed by atoms with Crippen molar-refractivity contribution in [3.05, 3.63) is 29.3 Å². The number of nitrogens with zero attached hydrogens (tertiary/aromatic N) is 1. The summed E-state index contributed by atoms with van der Waals surface area (Å²) in [6.45, 7) is 1.91. The van der Waals surface area contributed by atoms with Crippen molar-refractivity contribution in [2.24, 2.45) is 0 Å². The molecule has 1 aliphatic rings. The standard InChI is InChI=1S/C11H14N2O2/c1-15-11(14)7-13-5-8-2-3-10(12)4-9(8)6-13/h2-4H,5-7,12H2,1H3. The van der Waals surface area contributed by atoms with E-state index in [4.69, 9.17) is 5.73 Å². The molecule has 0 spiro atoms. The summed E-state index contributed by atoms with van der Waals surface area (Å²) < 4.78 is 4.63. The maximum absolute atomic E-state index is 11.1. The molecule has 0 fully saturated rings. The Kier molecular flexibility index (Phi) is 2.60. The number of nitrogens with two attached hydrogens (primary N) is 1. The summed E-state index contributed by atoms with van der Waals surface area (Å²) in [5.74, 6) is -0.198. The van der Waals surface area contributed by atoms with Gasteiger partial charge in [0.05, 0.1) is 13.7 Å². The predicted molar refractivity (Wildman–Crippen MR) is 57.0 cm³/mol. The lowest BCUT2D eigenvalue weighted by atomic mass is 10.1. The molecule has 2 N–H and O–H groups in total. The summed E-state index contributed by atoms with van der Waals surface area (Å²) in [5, 5.41) is 0. The first kappa shape index (κ1) is 9.98. The smallest absolute Gasteiger partial charge is 0.319 e. The number of anilines is 1. The number of methoxy groups -OCH3 is 1. The molecule has 0 aliphatic carbocycles. The van der Waals surface area contributed by atoms with Gasteiger partial charge in [-0.05, 0) is 23.3 Å². The van der Waals surface area contributed by atoms with Crippen molar-refractivity contribution in [3.8, 4) is 0 Å². The topological polar surface area (TPSA) is 55.6 Å². The van der Waals surface area contributed by atoms with Crippen LogP contribution in [0.1, 0.15) is 11.1 Å². The summed E-state index contributed by atoms with van der Waals surface area (Å²) in [6.07, 6.45) is 0. The SMILES string of the molecule is COC(=O)CN1Cc2ccc(N)cc2C1. The minimum Gasteiger partial charge on any atom is -0.468 e. The van der Waals surface area contributed by atoms with Crippen molar-refractivity contribution in [2.75, 3.05) is 19.4 Å². The summed E-state index contributed by atoms with van der Waals surface area (Å²) in [6, 6.07) is 5.87. The number of carbonyl (C=O) groups is 1. The summed E-state index contributed by atoms with van der Waals surface area (Å²) in [7, 11) is 1.41. The van der Waals surface area contributed by atoms with Crippen molar-refractivity contribution in [1.29, 1.82) is 0 Å². The zero-order valence-corrected chi connectivity index (χ0v) is 8.69. The van der Waals surface area contributed by atoms with Crippen molar-refractivity contribution in [2.45, 2.75) is 13.1 Å². The van der Waals surface area contributed by atoms with Gasteiger partial charge in [-0.1, -0.05) is 6.07 Å². The molecule has 0 amide bonds. The highest BCUT2D eigenvalue weighted by Gasteiger charge is 2.20. The van der Waals surface area contributed by atoms with Crippen LogP contribution in [0.4, 0.5) is 5.69 Å². The molecule has 1 aromatic rings. The number of hydrogen-bond donors (Lipinski definition) is 1. The van der Waals surface area contributed by atoms with E-state index < -0.39 is 0 Å². The molecule has 1 heterocycles. The molecule has 80 valence electrons. The quantitative estimate of drug-likeness (QED) is 0.573. The average Bonchev–Trinajstić information content (AvgIpc) is 2.59. The minimum atomic E-state index is -0.198. The fourth-order valence-electron chi connectivity index (χ4n) is 1.84. The molecule has 0 radical (unpaired) electrons. The lowest BCUT2D eigenvalue weighted by Gasteiger charge is -2.11. The van der Waals surface area contributed by atoms with Gasteiger partial charge >= 0.3 is 5.97 Å². The van der Waals surface area contributed by atoms with Crippen LogP contribution in [0.15, 0.2) is 18.2 Å². The van der Waals surface area contributed by atoms with Gasteiger partial charge < -0.3 is 10.5 Å². The van der Waals surface area contributed by atoms with Crippen molar-refractivity contribution < 1.29 is 9.53 Å². The maximum atomic E-state index is 11.1. The maximum Gasteiger partial charge on any atom is 0.319 e. The number of nitrogen functional groups attached to an aromatic ring is 1. The van der Waals surface area contributed by atoms with Crippen LogP contribution in [0.2, 0.25) is 0 Å². The van der Waals surface area contributed by atoms with Gasteiger partial charge in [0.2, 0.25) is 0 Å². The average molecular weight is 206 g/mol. The third kappa shape index (κ3) is 2.10. The molecule has 0 saturated heterocycles. The Hall–Kier alpha value is -1.55. The van der Waals surface area contributed by atoms with E-state index in [1.807, 2.05) is 23.1 Å². The molecule has 0 saturated carbocycles. The minimum absolute atomic E-state index is 0.198. The number of hydrogen-bond acceptors (Lipinski definition) is 4. The first-order valence-corrected chi connectivity index (χ1v) is 4.85. The third-order valence-corrected chi connectivity index (χ3v) is 2.60. The molecular weight excluding hydrogens is 192 g/mol. The van der Waals surface area contributed by atoms with E-state index in [2.05, 4.69) is 4.74 Å². The highest BCUT2D eigenvalue weighted by Crippen LogP contribution is 2.24. The molecule has 4 nitrogen and oxygen atoms in total. The largest absolute Gasteiger partial charge is 0.468 e. The molecule has 4 heteroatoms. The normalized spacial score (nSPS) is 15.0. The van der Waals surface area contributed by atoms with E-state index in [9.17, 15) is 4.79 Å². The molecule has 0 aromatic heterocycles. The first-order chi connectivity index (χ1) is 7.19. The number of carbonyl (C=O) groups excluding carboxylic acids is 1. The lowest BCUT2D eigenvalue weighted by Crippen LogP contribution is -2.25. The molecule has 0 atom stereocenters. The Balaban J connectivity index is 2.06. The summed E-state index contributed by atoms with van der Waals surface area (Å²) in [4.78, 5) is 13.1. The number of fused-ring (bicyclic) bond motifs is 1. The van der Waals surface area contributed by atoms with Gasteiger partial charge in [0, 0.05) is 18.8 Å². The fourth-order valence-corrected chi connectivity index (χ4v) is 1.84. The van der Waals surface area contributed by atoms with Gasteiger partial charge in [-0.25, -0.2) is 0 Å².